The van der Waals surface area contributed by atoms with Crippen molar-refractivity contribution in [1.82, 2.24) is 10.2 Å². The highest BCUT2D eigenvalue weighted by Gasteiger charge is 2.37. The largest absolute Gasteiger partial charge is 0.573 e. The quantitative estimate of drug-likeness (QED) is 0.874. The van der Waals surface area contributed by atoms with Crippen LogP contribution >= 0.6 is 12.4 Å². The zero-order valence-electron chi connectivity index (χ0n) is 13.7. The number of nitrogens with zero attached hydrogens (tertiary/aromatic N) is 1. The van der Waals surface area contributed by atoms with Gasteiger partial charge in [0.2, 0.25) is 5.91 Å². The third-order valence-electron chi connectivity index (χ3n) is 4.73. The van der Waals surface area contributed by atoms with Crippen LogP contribution in [-0.2, 0) is 11.2 Å². The van der Waals surface area contributed by atoms with Crippen molar-refractivity contribution in [2.45, 2.75) is 50.6 Å². The molecule has 4 nitrogen and oxygen atoms in total. The highest BCUT2D eigenvalue weighted by molar-refractivity contribution is 5.85. The Balaban J connectivity index is 0.00000225. The summed E-state index contributed by atoms with van der Waals surface area (Å²) in [6, 6.07) is 6.34. The molecule has 2 heterocycles. The fourth-order valence-electron chi connectivity index (χ4n) is 3.63. The van der Waals surface area contributed by atoms with Crippen molar-refractivity contribution in [2.24, 2.45) is 0 Å². The first-order valence-electron chi connectivity index (χ1n) is 8.29. The first-order valence-corrected chi connectivity index (χ1v) is 8.29. The molecule has 0 spiro atoms. The number of aryl methyl sites for hydroxylation is 1. The summed E-state index contributed by atoms with van der Waals surface area (Å²) in [6.45, 7) is 1.80. The number of benzene rings is 1. The van der Waals surface area contributed by atoms with Crippen molar-refractivity contribution in [3.63, 3.8) is 0 Å². The van der Waals surface area contributed by atoms with Crippen LogP contribution in [0.5, 0.6) is 5.75 Å². The number of fused-ring (bicyclic) bond motifs is 2. The number of carbonyl (C=O) groups is 1. The summed E-state index contributed by atoms with van der Waals surface area (Å²) in [5.74, 6) is -0.101. The molecule has 2 saturated heterocycles. The van der Waals surface area contributed by atoms with Gasteiger partial charge < -0.3 is 15.0 Å². The van der Waals surface area contributed by atoms with Crippen LogP contribution in [0.15, 0.2) is 24.3 Å². The topological polar surface area (TPSA) is 41.6 Å². The Bertz CT molecular complexity index is 566. The number of nitrogens with one attached hydrogen (secondary N) is 1. The third kappa shape index (κ3) is 5.25. The summed E-state index contributed by atoms with van der Waals surface area (Å²) in [6.07, 6.45) is -0.668. The van der Waals surface area contributed by atoms with Crippen LogP contribution in [0.2, 0.25) is 0 Å². The minimum absolute atomic E-state index is 0. The monoisotopic (exact) mass is 378 g/mol. The van der Waals surface area contributed by atoms with E-state index < -0.39 is 6.36 Å². The van der Waals surface area contributed by atoms with Gasteiger partial charge in [0.05, 0.1) is 0 Å². The second kappa shape index (κ2) is 8.27. The fourth-order valence-corrected chi connectivity index (χ4v) is 3.63. The second-order valence-electron chi connectivity index (χ2n) is 6.37. The number of carbonyl (C=O) groups excluding carboxylic acids is 1. The van der Waals surface area contributed by atoms with Gasteiger partial charge in [-0.15, -0.1) is 25.6 Å². The molecule has 2 aliphatic rings. The molecular weight excluding hydrogens is 357 g/mol. The normalized spacial score (nSPS) is 22.9. The first kappa shape index (κ1) is 19.8. The van der Waals surface area contributed by atoms with Crippen LogP contribution in [0.4, 0.5) is 13.2 Å². The SMILES string of the molecule is Cl.O=C(CCc1ccc(OC(F)(F)F)cc1)N1C2CCNCC1CC2. The minimum atomic E-state index is -4.68. The molecule has 0 saturated carbocycles. The van der Waals surface area contributed by atoms with E-state index in [0.29, 0.717) is 18.9 Å². The van der Waals surface area contributed by atoms with Gasteiger partial charge in [-0.2, -0.15) is 0 Å². The fraction of sp³-hybridized carbons (Fsp3) is 0.588. The summed E-state index contributed by atoms with van der Waals surface area (Å²) >= 11 is 0. The van der Waals surface area contributed by atoms with Gasteiger partial charge >= 0.3 is 6.36 Å². The van der Waals surface area contributed by atoms with Gasteiger partial charge in [-0.05, 0) is 49.9 Å². The highest BCUT2D eigenvalue weighted by atomic mass is 35.5. The first-order chi connectivity index (χ1) is 11.4. The molecule has 25 heavy (non-hydrogen) atoms. The highest BCUT2D eigenvalue weighted by Crippen LogP contribution is 2.29. The third-order valence-corrected chi connectivity index (χ3v) is 4.73. The number of hydrogen-bond acceptors (Lipinski definition) is 3. The van der Waals surface area contributed by atoms with E-state index in [4.69, 9.17) is 0 Å². The minimum Gasteiger partial charge on any atom is -0.406 e. The van der Waals surface area contributed by atoms with Gasteiger partial charge in [0, 0.05) is 25.0 Å². The number of rotatable bonds is 4. The molecule has 0 aliphatic carbocycles. The zero-order chi connectivity index (χ0) is 17.2. The van der Waals surface area contributed by atoms with Gasteiger partial charge in [0.15, 0.2) is 0 Å². The molecule has 0 radical (unpaired) electrons. The maximum atomic E-state index is 12.6. The van der Waals surface area contributed by atoms with Crippen molar-refractivity contribution in [2.75, 3.05) is 13.1 Å². The van der Waals surface area contributed by atoms with E-state index in [1.54, 1.807) is 12.1 Å². The maximum Gasteiger partial charge on any atom is 0.573 e. The van der Waals surface area contributed by atoms with E-state index in [1.807, 2.05) is 4.90 Å². The smallest absolute Gasteiger partial charge is 0.406 e. The molecule has 140 valence electrons. The summed E-state index contributed by atoms with van der Waals surface area (Å²) in [4.78, 5) is 14.6. The van der Waals surface area contributed by atoms with Crippen LogP contribution in [-0.4, -0.2) is 42.3 Å². The summed E-state index contributed by atoms with van der Waals surface area (Å²) in [5.41, 5.74) is 0.832. The van der Waals surface area contributed by atoms with Crippen molar-refractivity contribution >= 4 is 18.3 Å². The number of alkyl halides is 3. The number of halogens is 4. The molecule has 0 aromatic heterocycles. The van der Waals surface area contributed by atoms with Crippen molar-refractivity contribution in [1.29, 1.82) is 0 Å². The lowest BCUT2D eigenvalue weighted by atomic mass is 10.1. The van der Waals surface area contributed by atoms with E-state index in [1.165, 1.54) is 12.1 Å². The molecule has 1 aromatic carbocycles. The van der Waals surface area contributed by atoms with Crippen LogP contribution in [0.3, 0.4) is 0 Å². The Morgan fingerprint density at radius 2 is 1.84 bits per heavy atom. The molecular formula is C17H22ClF3N2O2. The molecule has 2 atom stereocenters. The molecule has 2 aliphatic heterocycles. The van der Waals surface area contributed by atoms with Gasteiger partial charge in [-0.3, -0.25) is 4.79 Å². The molecule has 2 unspecified atom stereocenters. The van der Waals surface area contributed by atoms with E-state index in [9.17, 15) is 18.0 Å². The van der Waals surface area contributed by atoms with Crippen molar-refractivity contribution in [3.05, 3.63) is 29.8 Å². The molecule has 1 aromatic rings. The standard InChI is InChI=1S/C17H21F3N2O2.ClH/c18-17(19,20)24-15-6-1-12(2-7-15)3-8-16(23)22-13-4-5-14(22)11-21-10-9-13;/h1-2,6-7,13-14,21H,3-5,8-11H2;1H. The Kier molecular flexibility index (Phi) is 6.57. The van der Waals surface area contributed by atoms with E-state index in [-0.39, 0.29) is 30.1 Å². The van der Waals surface area contributed by atoms with Crippen LogP contribution < -0.4 is 10.1 Å². The molecule has 8 heteroatoms. The molecule has 1 N–H and O–H groups in total. The van der Waals surface area contributed by atoms with Gasteiger partial charge in [-0.25, -0.2) is 0 Å². The van der Waals surface area contributed by atoms with E-state index in [2.05, 4.69) is 10.1 Å². The Morgan fingerprint density at radius 3 is 2.52 bits per heavy atom. The summed E-state index contributed by atoms with van der Waals surface area (Å²) in [7, 11) is 0. The molecule has 2 fully saturated rings. The van der Waals surface area contributed by atoms with Crippen LogP contribution in [0, 0.1) is 0 Å². The predicted octanol–water partition coefficient (Wildman–Crippen LogP) is 3.29. The Morgan fingerprint density at radius 1 is 1.16 bits per heavy atom. The van der Waals surface area contributed by atoms with Crippen LogP contribution in [0.25, 0.3) is 0 Å². The maximum absolute atomic E-state index is 12.6. The predicted molar refractivity (Wildman–Crippen MR) is 89.8 cm³/mol. The lowest BCUT2D eigenvalue weighted by Crippen LogP contribution is -2.42. The van der Waals surface area contributed by atoms with Gasteiger partial charge in [0.25, 0.3) is 0 Å². The van der Waals surface area contributed by atoms with Crippen LogP contribution in [0.1, 0.15) is 31.2 Å². The molecule has 3 rings (SSSR count). The van der Waals surface area contributed by atoms with Gasteiger partial charge in [0.1, 0.15) is 5.75 Å². The van der Waals surface area contributed by atoms with E-state index in [0.717, 1.165) is 37.9 Å². The van der Waals surface area contributed by atoms with Crippen molar-refractivity contribution < 1.29 is 22.7 Å². The molecule has 2 bridgehead atoms. The lowest BCUT2D eigenvalue weighted by Gasteiger charge is -2.28. The zero-order valence-corrected chi connectivity index (χ0v) is 14.5. The average Bonchev–Trinajstić information content (AvgIpc) is 2.78. The summed E-state index contributed by atoms with van der Waals surface area (Å²) in [5, 5.41) is 3.36. The number of amides is 1. The molecule has 1 amide bonds. The number of hydrogen-bond donors (Lipinski definition) is 1. The Labute approximate surface area is 151 Å². The second-order valence-corrected chi connectivity index (χ2v) is 6.37. The Hall–Kier alpha value is -1.47. The summed E-state index contributed by atoms with van der Waals surface area (Å²) < 4.78 is 40.3. The lowest BCUT2D eigenvalue weighted by molar-refractivity contribution is -0.274. The van der Waals surface area contributed by atoms with E-state index >= 15 is 0 Å². The van der Waals surface area contributed by atoms with Gasteiger partial charge in [-0.1, -0.05) is 12.1 Å². The number of ether oxygens (including phenoxy) is 1. The van der Waals surface area contributed by atoms with Crippen molar-refractivity contribution in [3.8, 4) is 5.75 Å². The average molecular weight is 379 g/mol.